The van der Waals surface area contributed by atoms with Crippen LogP contribution >= 0.6 is 0 Å². The van der Waals surface area contributed by atoms with Crippen LogP contribution in [-0.2, 0) is 14.8 Å². The van der Waals surface area contributed by atoms with E-state index in [0.717, 1.165) is 32.1 Å². The summed E-state index contributed by atoms with van der Waals surface area (Å²) in [5.74, 6) is -1.48. The molecule has 0 amide bonds. The summed E-state index contributed by atoms with van der Waals surface area (Å²) in [5.41, 5.74) is 0. The molecule has 0 bridgehead atoms. The molecular formula is C11H21NO4S. The van der Waals surface area contributed by atoms with Gasteiger partial charge in [0.2, 0.25) is 10.0 Å². The summed E-state index contributed by atoms with van der Waals surface area (Å²) >= 11 is 0. The number of hydrogen-bond donors (Lipinski definition) is 1. The molecule has 100 valence electrons. The van der Waals surface area contributed by atoms with Crippen molar-refractivity contribution < 1.29 is 18.3 Å². The summed E-state index contributed by atoms with van der Waals surface area (Å²) in [6, 6.07) is 0. The topological polar surface area (TPSA) is 74.7 Å². The van der Waals surface area contributed by atoms with Crippen molar-refractivity contribution in [1.82, 2.24) is 4.31 Å². The molecule has 0 radical (unpaired) electrons. The quantitative estimate of drug-likeness (QED) is 0.811. The Labute approximate surface area is 103 Å². The lowest BCUT2D eigenvalue weighted by Crippen LogP contribution is -2.36. The molecule has 0 aromatic heterocycles. The van der Waals surface area contributed by atoms with E-state index in [2.05, 4.69) is 6.92 Å². The molecule has 1 aliphatic heterocycles. The molecule has 0 aromatic rings. The largest absolute Gasteiger partial charge is 0.480 e. The smallest absolute Gasteiger partial charge is 0.320 e. The van der Waals surface area contributed by atoms with Crippen LogP contribution < -0.4 is 0 Å². The summed E-state index contributed by atoms with van der Waals surface area (Å²) in [5, 5.41) is 8.58. The minimum Gasteiger partial charge on any atom is -0.480 e. The van der Waals surface area contributed by atoms with Gasteiger partial charge in [-0.3, -0.25) is 4.79 Å². The first-order chi connectivity index (χ1) is 7.95. The molecule has 1 fully saturated rings. The van der Waals surface area contributed by atoms with E-state index in [0.29, 0.717) is 19.0 Å². The van der Waals surface area contributed by atoms with Crippen molar-refractivity contribution >= 4 is 16.0 Å². The van der Waals surface area contributed by atoms with E-state index >= 15 is 0 Å². The first kappa shape index (κ1) is 14.4. The van der Waals surface area contributed by atoms with Gasteiger partial charge in [0, 0.05) is 13.1 Å². The fourth-order valence-corrected chi connectivity index (χ4v) is 3.65. The van der Waals surface area contributed by atoms with Gasteiger partial charge in [0.15, 0.2) is 5.75 Å². The van der Waals surface area contributed by atoms with Gasteiger partial charge < -0.3 is 5.11 Å². The van der Waals surface area contributed by atoms with Crippen LogP contribution in [0.25, 0.3) is 0 Å². The Morgan fingerprint density at radius 3 is 2.65 bits per heavy atom. The fourth-order valence-electron chi connectivity index (χ4n) is 2.36. The lowest BCUT2D eigenvalue weighted by molar-refractivity contribution is -0.134. The number of carbonyl (C=O) groups is 1. The minimum absolute atomic E-state index is 0.468. The van der Waals surface area contributed by atoms with Crippen LogP contribution in [0.2, 0.25) is 0 Å². The first-order valence-corrected chi connectivity index (χ1v) is 7.76. The van der Waals surface area contributed by atoms with Gasteiger partial charge in [-0.15, -0.1) is 0 Å². The molecule has 1 aliphatic rings. The number of hydrogen-bond acceptors (Lipinski definition) is 3. The second-order valence-corrected chi connectivity index (χ2v) is 6.60. The Morgan fingerprint density at radius 2 is 2.06 bits per heavy atom. The van der Waals surface area contributed by atoms with Gasteiger partial charge in [0.1, 0.15) is 0 Å². The van der Waals surface area contributed by atoms with Crippen LogP contribution in [0.1, 0.15) is 39.0 Å². The van der Waals surface area contributed by atoms with E-state index in [9.17, 15) is 13.2 Å². The third-order valence-electron chi connectivity index (χ3n) is 3.20. The molecule has 1 heterocycles. The average molecular weight is 263 g/mol. The van der Waals surface area contributed by atoms with Crippen molar-refractivity contribution in [3.63, 3.8) is 0 Å². The Bertz CT molecular complexity index is 352. The van der Waals surface area contributed by atoms with E-state index in [4.69, 9.17) is 5.11 Å². The molecule has 0 aliphatic carbocycles. The second kappa shape index (κ2) is 6.35. The molecule has 0 saturated carbocycles. The summed E-state index contributed by atoms with van der Waals surface area (Å²) in [6.45, 7) is 3.07. The molecule has 0 aromatic carbocycles. The normalized spacial score (nSPS) is 23.2. The molecule has 1 saturated heterocycles. The van der Waals surface area contributed by atoms with Crippen LogP contribution in [0.4, 0.5) is 0 Å². The maximum absolute atomic E-state index is 11.8. The highest BCUT2D eigenvalue weighted by atomic mass is 32.2. The van der Waals surface area contributed by atoms with Crippen LogP contribution in [-0.4, -0.2) is 42.6 Å². The van der Waals surface area contributed by atoms with Gasteiger partial charge in [-0.25, -0.2) is 12.7 Å². The van der Waals surface area contributed by atoms with E-state index in [1.54, 1.807) is 0 Å². The van der Waals surface area contributed by atoms with Crippen LogP contribution in [0.15, 0.2) is 0 Å². The number of rotatable bonds is 5. The Balaban J connectivity index is 2.59. The Morgan fingerprint density at radius 1 is 1.35 bits per heavy atom. The highest BCUT2D eigenvalue weighted by Gasteiger charge is 2.27. The maximum atomic E-state index is 11.8. The zero-order valence-electron chi connectivity index (χ0n) is 10.3. The average Bonchev–Trinajstić information content (AvgIpc) is 2.42. The lowest BCUT2D eigenvalue weighted by atomic mass is 9.96. The van der Waals surface area contributed by atoms with Crippen LogP contribution in [0, 0.1) is 5.92 Å². The van der Waals surface area contributed by atoms with Crippen LogP contribution in [0.3, 0.4) is 0 Å². The summed E-state index contributed by atoms with van der Waals surface area (Å²) < 4.78 is 24.9. The predicted octanol–water partition coefficient (Wildman–Crippen LogP) is 1.30. The molecule has 17 heavy (non-hydrogen) atoms. The standard InChI is InChI=1S/C11H21NO4S/c1-2-4-10-5-3-7-12(8-6-10)17(15,16)9-11(13)14/h10H,2-9H2,1H3,(H,13,14). The zero-order valence-corrected chi connectivity index (χ0v) is 11.1. The second-order valence-electron chi connectivity index (χ2n) is 4.63. The monoisotopic (exact) mass is 263 g/mol. The predicted molar refractivity (Wildman–Crippen MR) is 65.2 cm³/mol. The Hall–Kier alpha value is -0.620. The Kier molecular flexibility index (Phi) is 5.39. The molecule has 1 unspecified atom stereocenters. The van der Waals surface area contributed by atoms with Gasteiger partial charge in [-0.05, 0) is 25.2 Å². The summed E-state index contributed by atoms with van der Waals surface area (Å²) in [4.78, 5) is 10.5. The molecule has 1 atom stereocenters. The summed E-state index contributed by atoms with van der Waals surface area (Å²) in [7, 11) is -3.61. The van der Waals surface area contributed by atoms with Crippen LogP contribution in [0.5, 0.6) is 0 Å². The van der Waals surface area contributed by atoms with Gasteiger partial charge in [0.25, 0.3) is 0 Å². The molecule has 0 spiro atoms. The highest BCUT2D eigenvalue weighted by molar-refractivity contribution is 7.89. The van der Waals surface area contributed by atoms with E-state index in [-0.39, 0.29) is 0 Å². The summed E-state index contributed by atoms with van der Waals surface area (Å²) in [6.07, 6.45) is 4.99. The van der Waals surface area contributed by atoms with Crippen molar-refractivity contribution in [3.05, 3.63) is 0 Å². The highest BCUT2D eigenvalue weighted by Crippen LogP contribution is 2.23. The molecule has 5 nitrogen and oxygen atoms in total. The van der Waals surface area contributed by atoms with E-state index in [1.807, 2.05) is 0 Å². The van der Waals surface area contributed by atoms with E-state index < -0.39 is 21.7 Å². The van der Waals surface area contributed by atoms with Gasteiger partial charge >= 0.3 is 5.97 Å². The van der Waals surface area contributed by atoms with Gasteiger partial charge in [0.05, 0.1) is 0 Å². The SMILES string of the molecule is CCCC1CCCN(S(=O)(=O)CC(=O)O)CC1. The molecule has 1 rings (SSSR count). The third-order valence-corrected chi connectivity index (χ3v) is 4.97. The van der Waals surface area contributed by atoms with Crippen molar-refractivity contribution in [2.24, 2.45) is 5.92 Å². The fraction of sp³-hybridized carbons (Fsp3) is 0.909. The number of carboxylic acids is 1. The number of nitrogens with zero attached hydrogens (tertiary/aromatic N) is 1. The number of sulfonamides is 1. The molecule has 1 N–H and O–H groups in total. The maximum Gasteiger partial charge on any atom is 0.320 e. The molecule has 6 heteroatoms. The van der Waals surface area contributed by atoms with Crippen molar-refractivity contribution in [2.75, 3.05) is 18.8 Å². The third kappa shape index (κ3) is 4.63. The van der Waals surface area contributed by atoms with Gasteiger partial charge in [-0.1, -0.05) is 19.8 Å². The van der Waals surface area contributed by atoms with Crippen molar-refractivity contribution in [1.29, 1.82) is 0 Å². The molecular weight excluding hydrogens is 242 g/mol. The lowest BCUT2D eigenvalue weighted by Gasteiger charge is -2.19. The number of aliphatic carboxylic acids is 1. The van der Waals surface area contributed by atoms with Crippen molar-refractivity contribution in [3.8, 4) is 0 Å². The first-order valence-electron chi connectivity index (χ1n) is 6.15. The van der Waals surface area contributed by atoms with Gasteiger partial charge in [-0.2, -0.15) is 0 Å². The van der Waals surface area contributed by atoms with E-state index in [1.165, 1.54) is 4.31 Å². The minimum atomic E-state index is -3.61. The number of carboxylic acid groups (broad SMARTS) is 1. The zero-order chi connectivity index (χ0) is 12.9. The van der Waals surface area contributed by atoms with Crippen molar-refractivity contribution in [2.45, 2.75) is 39.0 Å².